The van der Waals surface area contributed by atoms with Gasteiger partial charge in [0.2, 0.25) is 0 Å². The summed E-state index contributed by atoms with van der Waals surface area (Å²) in [7, 11) is 4.21. The first-order chi connectivity index (χ1) is 10.2. The van der Waals surface area contributed by atoms with Gasteiger partial charge < -0.3 is 19.9 Å². The third-order valence-corrected chi connectivity index (χ3v) is 3.25. The Balaban J connectivity index is 1.98. The van der Waals surface area contributed by atoms with E-state index >= 15 is 0 Å². The summed E-state index contributed by atoms with van der Waals surface area (Å²) < 4.78 is 2.01. The zero-order chi connectivity index (χ0) is 15.1. The van der Waals surface area contributed by atoms with Gasteiger partial charge in [-0.15, -0.1) is 0 Å². The van der Waals surface area contributed by atoms with E-state index in [2.05, 4.69) is 46.5 Å². The normalized spacial score (nSPS) is 11.2. The van der Waals surface area contributed by atoms with Gasteiger partial charge in [-0.1, -0.05) is 6.92 Å². The van der Waals surface area contributed by atoms with E-state index in [1.54, 1.807) is 6.20 Å². The maximum Gasteiger partial charge on any atom is 0.180 e. The van der Waals surface area contributed by atoms with Gasteiger partial charge >= 0.3 is 0 Å². The molecule has 2 aromatic heterocycles. The summed E-state index contributed by atoms with van der Waals surface area (Å²) in [5.41, 5.74) is 0.879. The van der Waals surface area contributed by atoms with Crippen molar-refractivity contribution in [3.8, 4) is 0 Å². The minimum atomic E-state index is 0.853. The maximum absolute atomic E-state index is 4.63. The van der Waals surface area contributed by atoms with Crippen LogP contribution in [0.4, 0.5) is 11.6 Å². The molecule has 6 nitrogen and oxygen atoms in total. The molecule has 0 aliphatic rings. The number of rotatable bonds is 9. The average molecular weight is 290 g/mol. The molecule has 0 spiro atoms. The van der Waals surface area contributed by atoms with E-state index in [4.69, 9.17) is 0 Å². The van der Waals surface area contributed by atoms with Gasteiger partial charge in [0.05, 0.1) is 6.20 Å². The SMILES string of the molecule is CCCNc1cn2ccnc2c(NCCCCN(C)C)n1. The number of nitrogens with zero attached hydrogens (tertiary/aromatic N) is 4. The van der Waals surface area contributed by atoms with Crippen LogP contribution in [0.25, 0.3) is 5.65 Å². The Morgan fingerprint density at radius 2 is 2.05 bits per heavy atom. The third-order valence-electron chi connectivity index (χ3n) is 3.25. The van der Waals surface area contributed by atoms with E-state index in [-0.39, 0.29) is 0 Å². The van der Waals surface area contributed by atoms with E-state index < -0.39 is 0 Å². The summed E-state index contributed by atoms with van der Waals surface area (Å²) in [5, 5.41) is 6.74. The number of imidazole rings is 1. The van der Waals surface area contributed by atoms with Crippen LogP contribution >= 0.6 is 0 Å². The van der Waals surface area contributed by atoms with Crippen LogP contribution in [0.15, 0.2) is 18.6 Å². The monoisotopic (exact) mass is 290 g/mol. The lowest BCUT2D eigenvalue weighted by Crippen LogP contribution is -2.14. The van der Waals surface area contributed by atoms with Gasteiger partial charge in [-0.2, -0.15) is 0 Å². The quantitative estimate of drug-likeness (QED) is 0.694. The van der Waals surface area contributed by atoms with Crippen molar-refractivity contribution >= 4 is 17.3 Å². The predicted octanol–water partition coefficient (Wildman–Crippen LogP) is 2.30. The molecule has 0 fully saturated rings. The smallest absolute Gasteiger partial charge is 0.180 e. The molecule has 0 radical (unpaired) electrons. The first kappa shape index (κ1) is 15.6. The fraction of sp³-hybridized carbons (Fsp3) is 0.600. The highest BCUT2D eigenvalue weighted by molar-refractivity contribution is 5.65. The molecule has 0 aliphatic heterocycles. The van der Waals surface area contributed by atoms with E-state index in [1.807, 2.05) is 16.8 Å². The lowest BCUT2D eigenvalue weighted by Gasteiger charge is -2.12. The average Bonchev–Trinajstić information content (AvgIpc) is 2.92. The molecular weight excluding hydrogens is 264 g/mol. The van der Waals surface area contributed by atoms with Crippen molar-refractivity contribution in [1.29, 1.82) is 0 Å². The predicted molar refractivity (Wildman–Crippen MR) is 88.0 cm³/mol. The fourth-order valence-electron chi connectivity index (χ4n) is 2.15. The molecule has 0 aromatic carbocycles. The van der Waals surface area contributed by atoms with Gasteiger partial charge in [-0.3, -0.25) is 0 Å². The van der Waals surface area contributed by atoms with Gasteiger partial charge in [0.25, 0.3) is 0 Å². The Hall–Kier alpha value is -1.82. The molecular formula is C15H26N6. The number of nitrogens with one attached hydrogen (secondary N) is 2. The van der Waals surface area contributed by atoms with Crippen LogP contribution in [-0.4, -0.2) is 53.0 Å². The Labute approximate surface area is 126 Å². The summed E-state index contributed by atoms with van der Waals surface area (Å²) in [6.07, 6.45) is 9.12. The third kappa shape index (κ3) is 4.60. The maximum atomic E-state index is 4.63. The minimum absolute atomic E-state index is 0.853. The van der Waals surface area contributed by atoms with E-state index in [1.165, 1.54) is 6.42 Å². The van der Waals surface area contributed by atoms with Crippen LogP contribution in [0.5, 0.6) is 0 Å². The van der Waals surface area contributed by atoms with E-state index in [0.717, 1.165) is 49.8 Å². The van der Waals surface area contributed by atoms with Gasteiger partial charge in [-0.05, 0) is 39.9 Å². The second-order valence-electron chi connectivity index (χ2n) is 5.50. The topological polar surface area (TPSA) is 57.5 Å². The Morgan fingerprint density at radius 3 is 2.81 bits per heavy atom. The lowest BCUT2D eigenvalue weighted by molar-refractivity contribution is 0.396. The zero-order valence-electron chi connectivity index (χ0n) is 13.3. The van der Waals surface area contributed by atoms with Gasteiger partial charge in [0, 0.05) is 25.5 Å². The molecule has 6 heteroatoms. The standard InChI is InChI=1S/C15H26N6/c1-4-7-16-13-12-21-11-9-18-15(21)14(19-13)17-8-5-6-10-20(2)3/h9,11-12,16H,4-8,10H2,1-3H3,(H,17,19). The molecule has 116 valence electrons. The van der Waals surface area contributed by atoms with Crippen molar-refractivity contribution in [1.82, 2.24) is 19.3 Å². The molecule has 0 saturated heterocycles. The second-order valence-corrected chi connectivity index (χ2v) is 5.50. The first-order valence-electron chi connectivity index (χ1n) is 7.67. The fourth-order valence-corrected chi connectivity index (χ4v) is 2.15. The molecule has 0 unspecified atom stereocenters. The molecule has 2 heterocycles. The molecule has 0 aliphatic carbocycles. The highest BCUT2D eigenvalue weighted by Gasteiger charge is 2.06. The van der Waals surface area contributed by atoms with Crippen molar-refractivity contribution in [2.45, 2.75) is 26.2 Å². The first-order valence-corrected chi connectivity index (χ1v) is 7.67. The van der Waals surface area contributed by atoms with Gasteiger partial charge in [-0.25, -0.2) is 9.97 Å². The number of anilines is 2. The van der Waals surface area contributed by atoms with E-state index in [0.29, 0.717) is 0 Å². The van der Waals surface area contributed by atoms with Crippen molar-refractivity contribution in [3.63, 3.8) is 0 Å². The number of fused-ring (bicyclic) bond motifs is 1. The lowest BCUT2D eigenvalue weighted by atomic mass is 10.3. The highest BCUT2D eigenvalue weighted by atomic mass is 15.1. The number of hydrogen-bond donors (Lipinski definition) is 2. The van der Waals surface area contributed by atoms with Crippen LogP contribution in [0.3, 0.4) is 0 Å². The molecule has 0 bridgehead atoms. The Morgan fingerprint density at radius 1 is 1.19 bits per heavy atom. The van der Waals surface area contributed by atoms with Crippen LogP contribution in [0.2, 0.25) is 0 Å². The zero-order valence-corrected chi connectivity index (χ0v) is 13.3. The van der Waals surface area contributed by atoms with Crippen LogP contribution in [-0.2, 0) is 0 Å². The van der Waals surface area contributed by atoms with Crippen LogP contribution < -0.4 is 10.6 Å². The summed E-state index contributed by atoms with van der Waals surface area (Å²) >= 11 is 0. The number of unbranched alkanes of at least 4 members (excludes halogenated alkanes) is 1. The van der Waals surface area contributed by atoms with Crippen molar-refractivity contribution in [2.75, 3.05) is 44.4 Å². The van der Waals surface area contributed by atoms with Gasteiger partial charge in [0.1, 0.15) is 5.82 Å². The second kappa shape index (κ2) is 7.83. The molecule has 2 aromatic rings. The molecule has 0 atom stereocenters. The summed E-state index contributed by atoms with van der Waals surface area (Å²) in [6.45, 7) is 5.11. The molecule has 21 heavy (non-hydrogen) atoms. The molecule has 0 saturated carbocycles. The Kier molecular flexibility index (Phi) is 5.80. The summed E-state index contributed by atoms with van der Waals surface area (Å²) in [5.74, 6) is 1.74. The summed E-state index contributed by atoms with van der Waals surface area (Å²) in [4.78, 5) is 11.2. The minimum Gasteiger partial charge on any atom is -0.369 e. The summed E-state index contributed by atoms with van der Waals surface area (Å²) in [6, 6.07) is 0. The number of hydrogen-bond acceptors (Lipinski definition) is 5. The molecule has 2 rings (SSSR count). The van der Waals surface area contributed by atoms with Crippen molar-refractivity contribution in [3.05, 3.63) is 18.6 Å². The van der Waals surface area contributed by atoms with Crippen molar-refractivity contribution < 1.29 is 0 Å². The van der Waals surface area contributed by atoms with E-state index in [9.17, 15) is 0 Å². The Bertz CT molecular complexity index is 548. The van der Waals surface area contributed by atoms with Crippen LogP contribution in [0, 0.1) is 0 Å². The van der Waals surface area contributed by atoms with Gasteiger partial charge in [0.15, 0.2) is 11.5 Å². The number of aromatic nitrogens is 3. The largest absolute Gasteiger partial charge is 0.369 e. The van der Waals surface area contributed by atoms with Crippen LogP contribution in [0.1, 0.15) is 26.2 Å². The van der Waals surface area contributed by atoms with Crippen molar-refractivity contribution in [2.24, 2.45) is 0 Å². The molecule has 2 N–H and O–H groups in total. The molecule has 0 amide bonds. The highest BCUT2D eigenvalue weighted by Crippen LogP contribution is 2.16.